The van der Waals surface area contributed by atoms with Crippen LogP contribution in [0.25, 0.3) is 0 Å². The summed E-state index contributed by atoms with van der Waals surface area (Å²) in [6.07, 6.45) is 0. The molecule has 0 saturated heterocycles. The third kappa shape index (κ3) is 2.18. The zero-order valence-electron chi connectivity index (χ0n) is 6.99. The van der Waals surface area contributed by atoms with Crippen molar-refractivity contribution in [1.29, 1.82) is 0 Å². The van der Waals surface area contributed by atoms with Gasteiger partial charge in [0.05, 0.1) is 17.3 Å². The Labute approximate surface area is 83.9 Å². The van der Waals surface area contributed by atoms with E-state index in [4.69, 9.17) is 10.8 Å². The van der Waals surface area contributed by atoms with Gasteiger partial charge in [0.2, 0.25) is 0 Å². The Morgan fingerprint density at radius 2 is 2.31 bits per heavy atom. The van der Waals surface area contributed by atoms with Crippen molar-refractivity contribution in [3.8, 4) is 0 Å². The van der Waals surface area contributed by atoms with Gasteiger partial charge < -0.3 is 10.8 Å². The van der Waals surface area contributed by atoms with Crippen LogP contribution in [-0.4, -0.2) is 16.1 Å². The Morgan fingerprint density at radius 3 is 2.77 bits per heavy atom. The monoisotopic (exact) mass is 244 g/mol. The normalized spacial score (nSPS) is 12.5. The van der Waals surface area contributed by atoms with E-state index >= 15 is 0 Å². The van der Waals surface area contributed by atoms with Gasteiger partial charge in [-0.2, -0.15) is 0 Å². The maximum absolute atomic E-state index is 10.6. The number of nitrogens with zero attached hydrogens (tertiary/aromatic N) is 1. The lowest BCUT2D eigenvalue weighted by Crippen LogP contribution is -2.09. The van der Waals surface area contributed by atoms with Crippen LogP contribution in [0.3, 0.4) is 0 Å². The molecule has 3 N–H and O–H groups in total. The molecule has 13 heavy (non-hydrogen) atoms. The molecule has 1 rings (SSSR count). The van der Waals surface area contributed by atoms with E-state index in [1.807, 2.05) is 0 Å². The molecule has 0 fully saturated rings. The molecule has 70 valence electrons. The molecular formula is C8H9BrN2O2. The number of hydrogen-bond acceptors (Lipinski definition) is 3. The minimum atomic E-state index is -0.899. The predicted octanol–water partition coefficient (Wildman–Crippen LogP) is 1.61. The molecule has 0 bridgehead atoms. The number of hydrogen-bond donors (Lipinski definition) is 2. The number of aromatic nitrogens is 1. The number of pyridine rings is 1. The van der Waals surface area contributed by atoms with Gasteiger partial charge in [0.15, 0.2) is 0 Å². The van der Waals surface area contributed by atoms with Gasteiger partial charge in [-0.25, -0.2) is 4.98 Å². The summed E-state index contributed by atoms with van der Waals surface area (Å²) >= 11 is 3.13. The Bertz CT molecular complexity index is 341. The van der Waals surface area contributed by atoms with Crippen LogP contribution in [0.1, 0.15) is 18.5 Å². The van der Waals surface area contributed by atoms with Crippen molar-refractivity contribution in [3.05, 3.63) is 22.4 Å². The maximum atomic E-state index is 10.6. The first kappa shape index (κ1) is 9.98. The zero-order chi connectivity index (χ0) is 10.0. The van der Waals surface area contributed by atoms with E-state index in [9.17, 15) is 4.79 Å². The van der Waals surface area contributed by atoms with Crippen LogP contribution in [0.5, 0.6) is 0 Å². The van der Waals surface area contributed by atoms with Crippen LogP contribution < -0.4 is 5.73 Å². The fourth-order valence-electron chi connectivity index (χ4n) is 0.827. The quantitative estimate of drug-likeness (QED) is 0.776. The van der Waals surface area contributed by atoms with E-state index in [2.05, 4.69) is 20.9 Å². The van der Waals surface area contributed by atoms with Crippen LogP contribution in [0.2, 0.25) is 0 Å². The summed E-state index contributed by atoms with van der Waals surface area (Å²) in [4.78, 5) is 14.6. The molecule has 0 aliphatic carbocycles. The lowest BCUT2D eigenvalue weighted by molar-refractivity contribution is -0.138. The molecule has 5 heteroatoms. The van der Waals surface area contributed by atoms with Gasteiger partial charge in [0, 0.05) is 0 Å². The molecule has 0 amide bonds. The second-order valence-electron chi connectivity index (χ2n) is 2.68. The summed E-state index contributed by atoms with van der Waals surface area (Å²) in [5.74, 6) is -1.51. The smallest absolute Gasteiger partial charge is 0.312 e. The summed E-state index contributed by atoms with van der Waals surface area (Å²) in [7, 11) is 0. The van der Waals surface area contributed by atoms with Crippen molar-refractivity contribution in [1.82, 2.24) is 4.98 Å². The molecule has 0 aromatic carbocycles. The van der Waals surface area contributed by atoms with Crippen LogP contribution >= 0.6 is 15.9 Å². The van der Waals surface area contributed by atoms with Crippen LogP contribution in [0, 0.1) is 0 Å². The van der Waals surface area contributed by atoms with Crippen molar-refractivity contribution in [2.24, 2.45) is 0 Å². The first-order valence-corrected chi connectivity index (χ1v) is 4.46. The fraction of sp³-hybridized carbons (Fsp3) is 0.250. The molecule has 1 aromatic heterocycles. The van der Waals surface area contributed by atoms with Crippen molar-refractivity contribution in [2.45, 2.75) is 12.8 Å². The number of carboxylic acids is 1. The lowest BCUT2D eigenvalue weighted by atomic mass is 10.1. The predicted molar refractivity (Wildman–Crippen MR) is 52.4 cm³/mol. The minimum absolute atomic E-state index is 0.484. The third-order valence-electron chi connectivity index (χ3n) is 1.71. The number of aliphatic carboxylic acids is 1. The van der Waals surface area contributed by atoms with E-state index in [1.54, 1.807) is 19.1 Å². The topological polar surface area (TPSA) is 76.2 Å². The average molecular weight is 245 g/mol. The second kappa shape index (κ2) is 3.74. The fourth-order valence-corrected chi connectivity index (χ4v) is 1.16. The summed E-state index contributed by atoms with van der Waals surface area (Å²) in [5, 5.41) is 8.71. The number of nitrogens with two attached hydrogens (primary N) is 1. The molecule has 0 aliphatic rings. The largest absolute Gasteiger partial charge is 0.481 e. The molecular weight excluding hydrogens is 236 g/mol. The average Bonchev–Trinajstić information content (AvgIpc) is 2.08. The van der Waals surface area contributed by atoms with Gasteiger partial charge in [-0.15, -0.1) is 0 Å². The first-order valence-electron chi connectivity index (χ1n) is 3.67. The van der Waals surface area contributed by atoms with Crippen molar-refractivity contribution < 1.29 is 9.90 Å². The van der Waals surface area contributed by atoms with E-state index in [0.717, 1.165) is 0 Å². The second-order valence-corrected chi connectivity index (χ2v) is 3.43. The molecule has 1 heterocycles. The third-order valence-corrected chi connectivity index (χ3v) is 2.35. The maximum Gasteiger partial charge on any atom is 0.312 e. The van der Waals surface area contributed by atoms with Gasteiger partial charge in [-0.3, -0.25) is 4.79 Å². The Hall–Kier alpha value is -1.10. The number of rotatable bonds is 2. The number of halogens is 1. The Morgan fingerprint density at radius 1 is 1.69 bits per heavy atom. The summed E-state index contributed by atoms with van der Waals surface area (Å²) < 4.78 is 0.484. The highest BCUT2D eigenvalue weighted by Gasteiger charge is 2.15. The first-order chi connectivity index (χ1) is 6.02. The molecule has 1 atom stereocenters. The number of anilines is 1. The lowest BCUT2D eigenvalue weighted by Gasteiger charge is -2.06. The molecule has 1 aromatic rings. The standard InChI is InChI=1S/C8H9BrN2O2/c1-4(8(12)13)6-3-2-5(10)7(9)11-6/h2-4H,10H2,1H3,(H,12,13)/t4-/m0/s1. The van der Waals surface area contributed by atoms with Gasteiger partial charge in [-0.1, -0.05) is 0 Å². The SMILES string of the molecule is C[C@H](C(=O)O)c1ccc(N)c(Br)n1. The van der Waals surface area contributed by atoms with Crippen molar-refractivity contribution >= 4 is 27.6 Å². The molecule has 4 nitrogen and oxygen atoms in total. The Balaban J connectivity index is 3.03. The highest BCUT2D eigenvalue weighted by Crippen LogP contribution is 2.20. The highest BCUT2D eigenvalue weighted by atomic mass is 79.9. The zero-order valence-corrected chi connectivity index (χ0v) is 8.58. The molecule has 0 unspecified atom stereocenters. The highest BCUT2D eigenvalue weighted by molar-refractivity contribution is 9.10. The van der Waals surface area contributed by atoms with E-state index < -0.39 is 11.9 Å². The van der Waals surface area contributed by atoms with E-state index in [-0.39, 0.29) is 0 Å². The van der Waals surface area contributed by atoms with Crippen molar-refractivity contribution in [2.75, 3.05) is 5.73 Å². The van der Waals surface area contributed by atoms with Crippen LogP contribution in [-0.2, 0) is 4.79 Å². The number of carbonyl (C=O) groups is 1. The van der Waals surface area contributed by atoms with Crippen LogP contribution in [0.4, 0.5) is 5.69 Å². The molecule has 0 radical (unpaired) electrons. The van der Waals surface area contributed by atoms with Crippen molar-refractivity contribution in [3.63, 3.8) is 0 Å². The molecule has 0 saturated carbocycles. The van der Waals surface area contributed by atoms with E-state index in [1.165, 1.54) is 0 Å². The summed E-state index contributed by atoms with van der Waals surface area (Å²) in [6, 6.07) is 3.24. The molecule has 0 spiro atoms. The number of nitrogen functional groups attached to an aromatic ring is 1. The number of carboxylic acid groups (broad SMARTS) is 1. The van der Waals surface area contributed by atoms with Gasteiger partial charge >= 0.3 is 5.97 Å². The van der Waals surface area contributed by atoms with Gasteiger partial charge in [0.1, 0.15) is 4.60 Å². The van der Waals surface area contributed by atoms with Crippen LogP contribution in [0.15, 0.2) is 16.7 Å². The summed E-state index contributed by atoms with van der Waals surface area (Å²) in [5.41, 5.74) is 6.50. The summed E-state index contributed by atoms with van der Waals surface area (Å²) in [6.45, 7) is 1.58. The van der Waals surface area contributed by atoms with Gasteiger partial charge in [-0.05, 0) is 35.0 Å². The van der Waals surface area contributed by atoms with E-state index in [0.29, 0.717) is 16.0 Å². The minimum Gasteiger partial charge on any atom is -0.481 e. The Kier molecular flexibility index (Phi) is 2.87. The van der Waals surface area contributed by atoms with Gasteiger partial charge in [0.25, 0.3) is 0 Å². The molecule has 0 aliphatic heterocycles.